The average molecular weight is 439 g/mol. The van der Waals surface area contributed by atoms with E-state index in [9.17, 15) is 9.59 Å². The SMILES string of the molecule is Cl.Cl.NCC1(CC(=O)Nc2cccc(C(=O)Nc3ccccn3)c2)CCCCC1. The van der Waals surface area contributed by atoms with Crippen molar-refractivity contribution in [3.8, 4) is 0 Å². The molecule has 0 aliphatic heterocycles. The molecule has 0 saturated heterocycles. The Kier molecular flexibility index (Phi) is 10.1. The lowest BCUT2D eigenvalue weighted by atomic mass is 9.71. The zero-order valence-electron chi connectivity index (χ0n) is 16.2. The van der Waals surface area contributed by atoms with Crippen LogP contribution in [-0.2, 0) is 4.79 Å². The van der Waals surface area contributed by atoms with Gasteiger partial charge in [-0.05, 0) is 55.1 Å². The van der Waals surface area contributed by atoms with Crippen molar-refractivity contribution in [3.63, 3.8) is 0 Å². The number of pyridine rings is 1. The molecule has 2 amide bonds. The summed E-state index contributed by atoms with van der Waals surface area (Å²) in [4.78, 5) is 29.0. The molecule has 158 valence electrons. The maximum atomic E-state index is 12.5. The van der Waals surface area contributed by atoms with Gasteiger partial charge in [-0.1, -0.05) is 31.4 Å². The number of nitrogens with two attached hydrogens (primary N) is 1. The minimum absolute atomic E-state index is 0. The van der Waals surface area contributed by atoms with E-state index in [0.29, 0.717) is 30.0 Å². The highest BCUT2D eigenvalue weighted by atomic mass is 35.5. The first kappa shape index (κ1) is 24.9. The predicted octanol–water partition coefficient (Wildman–Crippen LogP) is 4.42. The number of anilines is 2. The molecule has 1 saturated carbocycles. The average Bonchev–Trinajstić information content (AvgIpc) is 2.69. The van der Waals surface area contributed by atoms with E-state index >= 15 is 0 Å². The molecule has 0 unspecified atom stereocenters. The molecule has 1 aromatic carbocycles. The second kappa shape index (κ2) is 11.8. The summed E-state index contributed by atoms with van der Waals surface area (Å²) in [5, 5.41) is 5.66. The van der Waals surface area contributed by atoms with Crippen LogP contribution in [0.25, 0.3) is 0 Å². The van der Waals surface area contributed by atoms with E-state index in [2.05, 4.69) is 15.6 Å². The van der Waals surface area contributed by atoms with Gasteiger partial charge in [0.05, 0.1) is 0 Å². The van der Waals surface area contributed by atoms with E-state index in [4.69, 9.17) is 5.73 Å². The second-order valence-corrected chi connectivity index (χ2v) is 7.24. The Hall–Kier alpha value is -2.15. The van der Waals surface area contributed by atoms with Crippen LogP contribution in [0.1, 0.15) is 48.9 Å². The van der Waals surface area contributed by atoms with Crippen molar-refractivity contribution in [2.75, 3.05) is 17.2 Å². The Morgan fingerprint density at radius 1 is 1.00 bits per heavy atom. The summed E-state index contributed by atoms with van der Waals surface area (Å²) in [5.41, 5.74) is 6.96. The van der Waals surface area contributed by atoms with Crippen LogP contribution in [0, 0.1) is 5.41 Å². The third-order valence-corrected chi connectivity index (χ3v) is 5.20. The fourth-order valence-electron chi connectivity index (χ4n) is 3.66. The molecule has 0 atom stereocenters. The van der Waals surface area contributed by atoms with Crippen molar-refractivity contribution in [2.45, 2.75) is 38.5 Å². The summed E-state index contributed by atoms with van der Waals surface area (Å²) in [6.07, 6.45) is 7.53. The van der Waals surface area contributed by atoms with Crippen LogP contribution >= 0.6 is 24.8 Å². The van der Waals surface area contributed by atoms with E-state index in [0.717, 1.165) is 25.7 Å². The summed E-state index contributed by atoms with van der Waals surface area (Å²) in [6.45, 7) is 0.535. The van der Waals surface area contributed by atoms with Crippen LogP contribution < -0.4 is 16.4 Å². The molecule has 0 radical (unpaired) electrons. The van der Waals surface area contributed by atoms with E-state index in [1.807, 2.05) is 0 Å². The fraction of sp³-hybridized carbons (Fsp3) is 0.381. The Labute approximate surface area is 183 Å². The number of nitrogens with zero attached hydrogens (tertiary/aromatic N) is 1. The molecular formula is C21H28Cl2N4O2. The maximum absolute atomic E-state index is 12.5. The molecule has 4 N–H and O–H groups in total. The van der Waals surface area contributed by atoms with Gasteiger partial charge in [-0.2, -0.15) is 0 Å². The first-order chi connectivity index (χ1) is 13.1. The summed E-state index contributed by atoms with van der Waals surface area (Å²) < 4.78 is 0. The van der Waals surface area contributed by atoms with E-state index < -0.39 is 0 Å². The van der Waals surface area contributed by atoms with Crippen molar-refractivity contribution < 1.29 is 9.59 Å². The molecule has 1 aliphatic rings. The van der Waals surface area contributed by atoms with Crippen molar-refractivity contribution >= 4 is 48.1 Å². The van der Waals surface area contributed by atoms with Gasteiger partial charge in [0.25, 0.3) is 5.91 Å². The Bertz CT molecular complexity index is 796. The van der Waals surface area contributed by atoms with Crippen LogP contribution in [0.4, 0.5) is 11.5 Å². The van der Waals surface area contributed by atoms with E-state index in [1.54, 1.807) is 48.7 Å². The van der Waals surface area contributed by atoms with Crippen molar-refractivity contribution in [2.24, 2.45) is 11.1 Å². The van der Waals surface area contributed by atoms with Crippen LogP contribution in [0.15, 0.2) is 48.7 Å². The lowest BCUT2D eigenvalue weighted by Crippen LogP contribution is -2.36. The number of hydrogen-bond acceptors (Lipinski definition) is 4. The maximum Gasteiger partial charge on any atom is 0.256 e. The molecule has 29 heavy (non-hydrogen) atoms. The first-order valence-corrected chi connectivity index (χ1v) is 9.43. The molecule has 2 aromatic rings. The number of amides is 2. The number of benzene rings is 1. The normalized spacial score (nSPS) is 14.7. The van der Waals surface area contributed by atoms with Gasteiger partial charge in [0.15, 0.2) is 0 Å². The third kappa shape index (κ3) is 6.99. The monoisotopic (exact) mass is 438 g/mol. The second-order valence-electron chi connectivity index (χ2n) is 7.24. The summed E-state index contributed by atoms with van der Waals surface area (Å²) >= 11 is 0. The minimum atomic E-state index is -0.268. The van der Waals surface area contributed by atoms with Gasteiger partial charge in [-0.15, -0.1) is 24.8 Å². The van der Waals surface area contributed by atoms with Crippen molar-refractivity contribution in [1.82, 2.24) is 4.98 Å². The highest BCUT2D eigenvalue weighted by molar-refractivity contribution is 6.04. The van der Waals surface area contributed by atoms with Crippen LogP contribution in [0.3, 0.4) is 0 Å². The lowest BCUT2D eigenvalue weighted by molar-refractivity contribution is -0.118. The van der Waals surface area contributed by atoms with Crippen molar-refractivity contribution in [3.05, 3.63) is 54.2 Å². The fourth-order valence-corrected chi connectivity index (χ4v) is 3.66. The lowest BCUT2D eigenvalue weighted by Gasteiger charge is -2.35. The molecule has 3 rings (SSSR count). The Balaban J connectivity index is 0.00000210. The third-order valence-electron chi connectivity index (χ3n) is 5.20. The van der Waals surface area contributed by atoms with Crippen LogP contribution in [0.5, 0.6) is 0 Å². The van der Waals surface area contributed by atoms with Gasteiger partial charge in [0.2, 0.25) is 5.91 Å². The van der Waals surface area contributed by atoms with Gasteiger partial charge < -0.3 is 16.4 Å². The summed E-state index contributed by atoms with van der Waals surface area (Å²) in [7, 11) is 0. The minimum Gasteiger partial charge on any atom is -0.330 e. The quantitative estimate of drug-likeness (QED) is 0.621. The topological polar surface area (TPSA) is 97.1 Å². The zero-order valence-corrected chi connectivity index (χ0v) is 17.9. The number of carbonyl (C=O) groups excluding carboxylic acids is 2. The zero-order chi connectivity index (χ0) is 19.1. The van der Waals surface area contributed by atoms with Crippen LogP contribution in [-0.4, -0.2) is 23.3 Å². The Morgan fingerprint density at radius 3 is 2.41 bits per heavy atom. The molecule has 1 heterocycles. The van der Waals surface area contributed by atoms with E-state index in [1.165, 1.54) is 6.42 Å². The van der Waals surface area contributed by atoms with Gasteiger partial charge in [0.1, 0.15) is 5.82 Å². The van der Waals surface area contributed by atoms with E-state index in [-0.39, 0.29) is 42.0 Å². The number of aromatic nitrogens is 1. The predicted molar refractivity (Wildman–Crippen MR) is 121 cm³/mol. The van der Waals surface area contributed by atoms with Crippen LogP contribution in [0.2, 0.25) is 0 Å². The molecule has 0 spiro atoms. The summed E-state index contributed by atoms with van der Waals surface area (Å²) in [6, 6.07) is 12.2. The molecule has 1 fully saturated rings. The Morgan fingerprint density at radius 2 is 1.76 bits per heavy atom. The number of nitrogens with one attached hydrogen (secondary N) is 2. The highest BCUT2D eigenvalue weighted by Gasteiger charge is 2.32. The number of rotatable bonds is 6. The summed E-state index contributed by atoms with van der Waals surface area (Å²) in [5.74, 6) is 0.166. The number of halogens is 2. The molecule has 1 aliphatic carbocycles. The molecule has 8 heteroatoms. The molecular weight excluding hydrogens is 411 g/mol. The molecule has 6 nitrogen and oxygen atoms in total. The van der Waals surface area contributed by atoms with Gasteiger partial charge in [0, 0.05) is 23.9 Å². The highest BCUT2D eigenvalue weighted by Crippen LogP contribution is 2.38. The molecule has 1 aromatic heterocycles. The molecule has 0 bridgehead atoms. The number of carbonyl (C=O) groups is 2. The smallest absolute Gasteiger partial charge is 0.256 e. The van der Waals surface area contributed by atoms with Gasteiger partial charge in [-0.3, -0.25) is 9.59 Å². The standard InChI is InChI=1S/C21H26N4O2.2ClH/c22-15-21(10-3-1-4-11-21)14-19(26)24-17-8-6-7-16(13-17)20(27)25-18-9-2-5-12-23-18;;/h2,5-9,12-13H,1,3-4,10-11,14-15,22H2,(H,24,26)(H,23,25,27);2*1H. The first-order valence-electron chi connectivity index (χ1n) is 9.43. The number of hydrogen-bond donors (Lipinski definition) is 3. The van der Waals surface area contributed by atoms with Gasteiger partial charge in [-0.25, -0.2) is 4.98 Å². The largest absolute Gasteiger partial charge is 0.330 e. The van der Waals surface area contributed by atoms with Gasteiger partial charge >= 0.3 is 0 Å². The van der Waals surface area contributed by atoms with Crippen molar-refractivity contribution in [1.29, 1.82) is 0 Å².